The van der Waals surface area contributed by atoms with Crippen LogP contribution in [0.4, 0.5) is 0 Å². The minimum Gasteiger partial charge on any atom is -0.348 e. The molecule has 1 atom stereocenters. The molecular formula is C14H26N2. The van der Waals surface area contributed by atoms with Crippen molar-refractivity contribution in [2.75, 3.05) is 0 Å². The molecule has 1 heterocycles. The number of rotatable bonds is 8. The molecule has 0 saturated carbocycles. The Morgan fingerprint density at radius 2 is 1.81 bits per heavy atom. The number of unbranched alkanes of at least 4 members (excludes halogenated alkanes) is 3. The zero-order chi connectivity index (χ0) is 11.9. The third kappa shape index (κ3) is 3.66. The van der Waals surface area contributed by atoms with E-state index in [9.17, 15) is 0 Å². The fourth-order valence-corrected chi connectivity index (χ4v) is 2.29. The molecule has 92 valence electrons. The maximum atomic E-state index is 4.46. The van der Waals surface area contributed by atoms with Crippen molar-refractivity contribution in [3.63, 3.8) is 0 Å². The SMILES string of the molecule is CCCCCC(C)(CCCC)c1ncc[nH]1. The van der Waals surface area contributed by atoms with E-state index in [0.717, 1.165) is 0 Å². The Balaban J connectivity index is 2.60. The number of aromatic nitrogens is 2. The predicted molar refractivity (Wildman–Crippen MR) is 69.6 cm³/mol. The van der Waals surface area contributed by atoms with Crippen LogP contribution in [0.3, 0.4) is 0 Å². The number of H-pyrrole nitrogens is 1. The largest absolute Gasteiger partial charge is 0.348 e. The lowest BCUT2D eigenvalue weighted by Gasteiger charge is -2.27. The maximum Gasteiger partial charge on any atom is 0.111 e. The van der Waals surface area contributed by atoms with Crippen LogP contribution in [0, 0.1) is 0 Å². The van der Waals surface area contributed by atoms with Crippen LogP contribution in [-0.2, 0) is 5.41 Å². The topological polar surface area (TPSA) is 28.7 Å². The van der Waals surface area contributed by atoms with Gasteiger partial charge in [0.05, 0.1) is 0 Å². The summed E-state index contributed by atoms with van der Waals surface area (Å²) in [6, 6.07) is 0. The molecule has 0 aromatic carbocycles. The molecular weight excluding hydrogens is 196 g/mol. The van der Waals surface area contributed by atoms with Crippen LogP contribution < -0.4 is 0 Å². The van der Waals surface area contributed by atoms with E-state index in [1.807, 2.05) is 12.4 Å². The zero-order valence-corrected chi connectivity index (χ0v) is 11.1. The smallest absolute Gasteiger partial charge is 0.111 e. The molecule has 1 aromatic rings. The summed E-state index contributed by atoms with van der Waals surface area (Å²) in [7, 11) is 0. The van der Waals surface area contributed by atoms with Gasteiger partial charge in [0, 0.05) is 17.8 Å². The van der Waals surface area contributed by atoms with Gasteiger partial charge in [0.1, 0.15) is 5.82 Å². The van der Waals surface area contributed by atoms with Crippen molar-refractivity contribution in [1.82, 2.24) is 9.97 Å². The highest BCUT2D eigenvalue weighted by molar-refractivity contribution is 5.05. The van der Waals surface area contributed by atoms with Gasteiger partial charge >= 0.3 is 0 Å². The van der Waals surface area contributed by atoms with Crippen molar-refractivity contribution in [3.05, 3.63) is 18.2 Å². The second-order valence-corrected chi connectivity index (χ2v) is 5.06. The molecule has 0 bridgehead atoms. The molecule has 0 aliphatic heterocycles. The molecule has 2 heteroatoms. The van der Waals surface area contributed by atoms with E-state index >= 15 is 0 Å². The summed E-state index contributed by atoms with van der Waals surface area (Å²) in [5.74, 6) is 1.18. The van der Waals surface area contributed by atoms with Crippen LogP contribution in [0.25, 0.3) is 0 Å². The highest BCUT2D eigenvalue weighted by Crippen LogP contribution is 2.32. The molecule has 0 saturated heterocycles. The molecule has 1 unspecified atom stereocenters. The van der Waals surface area contributed by atoms with Gasteiger partial charge in [-0.25, -0.2) is 4.98 Å². The molecule has 1 aromatic heterocycles. The molecule has 0 spiro atoms. The van der Waals surface area contributed by atoms with Gasteiger partial charge in [-0.2, -0.15) is 0 Å². The number of imidazole rings is 1. The van der Waals surface area contributed by atoms with Crippen molar-refractivity contribution in [2.45, 2.75) is 71.1 Å². The monoisotopic (exact) mass is 222 g/mol. The van der Waals surface area contributed by atoms with Gasteiger partial charge in [0.2, 0.25) is 0 Å². The fraction of sp³-hybridized carbons (Fsp3) is 0.786. The molecule has 16 heavy (non-hydrogen) atoms. The number of nitrogens with zero attached hydrogens (tertiary/aromatic N) is 1. The molecule has 1 N–H and O–H groups in total. The minimum atomic E-state index is 0.259. The Kier molecular flexibility index (Phi) is 5.58. The minimum absolute atomic E-state index is 0.259. The lowest BCUT2D eigenvalue weighted by atomic mass is 9.79. The first-order chi connectivity index (χ1) is 7.73. The molecule has 0 fully saturated rings. The lowest BCUT2D eigenvalue weighted by molar-refractivity contribution is 0.354. The molecule has 2 nitrogen and oxygen atoms in total. The van der Waals surface area contributed by atoms with E-state index in [1.165, 1.54) is 50.8 Å². The lowest BCUT2D eigenvalue weighted by Crippen LogP contribution is -2.23. The van der Waals surface area contributed by atoms with Crippen LogP contribution in [-0.4, -0.2) is 9.97 Å². The van der Waals surface area contributed by atoms with E-state index in [0.29, 0.717) is 0 Å². The van der Waals surface area contributed by atoms with E-state index in [4.69, 9.17) is 0 Å². The zero-order valence-electron chi connectivity index (χ0n) is 11.1. The van der Waals surface area contributed by atoms with Crippen molar-refractivity contribution in [3.8, 4) is 0 Å². The molecule has 0 aliphatic carbocycles. The highest BCUT2D eigenvalue weighted by atomic mass is 14.9. The Morgan fingerprint density at radius 1 is 1.12 bits per heavy atom. The average molecular weight is 222 g/mol. The maximum absolute atomic E-state index is 4.46. The van der Waals surface area contributed by atoms with E-state index in [-0.39, 0.29) is 5.41 Å². The van der Waals surface area contributed by atoms with Gasteiger partial charge in [-0.15, -0.1) is 0 Å². The Labute approximate surface area is 99.9 Å². The first-order valence-corrected chi connectivity index (χ1v) is 6.73. The van der Waals surface area contributed by atoms with Crippen molar-refractivity contribution in [1.29, 1.82) is 0 Å². The molecule has 0 aliphatic rings. The summed E-state index contributed by atoms with van der Waals surface area (Å²) in [6.07, 6.45) is 12.8. The second kappa shape index (κ2) is 6.72. The van der Waals surface area contributed by atoms with Gasteiger partial charge in [0.25, 0.3) is 0 Å². The van der Waals surface area contributed by atoms with Crippen LogP contribution in [0.1, 0.15) is 71.5 Å². The van der Waals surface area contributed by atoms with E-state index in [2.05, 4.69) is 30.7 Å². The number of hydrogen-bond donors (Lipinski definition) is 1. The highest BCUT2D eigenvalue weighted by Gasteiger charge is 2.27. The Morgan fingerprint density at radius 3 is 2.38 bits per heavy atom. The van der Waals surface area contributed by atoms with Gasteiger partial charge in [0.15, 0.2) is 0 Å². The van der Waals surface area contributed by atoms with Gasteiger partial charge < -0.3 is 4.98 Å². The number of hydrogen-bond acceptors (Lipinski definition) is 1. The average Bonchev–Trinajstić information content (AvgIpc) is 2.81. The second-order valence-electron chi connectivity index (χ2n) is 5.06. The fourth-order valence-electron chi connectivity index (χ4n) is 2.29. The van der Waals surface area contributed by atoms with Gasteiger partial charge in [-0.1, -0.05) is 52.9 Å². The van der Waals surface area contributed by atoms with Gasteiger partial charge in [-0.3, -0.25) is 0 Å². The summed E-state index contributed by atoms with van der Waals surface area (Å²) in [5.41, 5.74) is 0.259. The normalized spacial score (nSPS) is 14.9. The summed E-state index contributed by atoms with van der Waals surface area (Å²) in [6.45, 7) is 6.88. The van der Waals surface area contributed by atoms with Crippen LogP contribution in [0.5, 0.6) is 0 Å². The Bertz CT molecular complexity index is 266. The van der Waals surface area contributed by atoms with Crippen molar-refractivity contribution in [2.24, 2.45) is 0 Å². The summed E-state index contributed by atoms with van der Waals surface area (Å²) < 4.78 is 0. The molecule has 1 rings (SSSR count). The molecule has 0 amide bonds. The first-order valence-electron chi connectivity index (χ1n) is 6.73. The van der Waals surface area contributed by atoms with E-state index in [1.54, 1.807) is 0 Å². The number of nitrogens with one attached hydrogen (secondary N) is 1. The standard InChI is InChI=1S/C14H26N2/c1-4-6-8-10-14(3,9-7-5-2)13-15-11-12-16-13/h11-12H,4-10H2,1-3H3,(H,15,16). The van der Waals surface area contributed by atoms with Crippen molar-refractivity contribution < 1.29 is 0 Å². The third-order valence-corrected chi connectivity index (χ3v) is 3.48. The van der Waals surface area contributed by atoms with Crippen LogP contribution in [0.2, 0.25) is 0 Å². The number of aromatic amines is 1. The quantitative estimate of drug-likeness (QED) is 0.647. The molecule has 0 radical (unpaired) electrons. The Hall–Kier alpha value is -0.790. The van der Waals surface area contributed by atoms with Crippen LogP contribution in [0.15, 0.2) is 12.4 Å². The third-order valence-electron chi connectivity index (χ3n) is 3.48. The van der Waals surface area contributed by atoms with Crippen LogP contribution >= 0.6 is 0 Å². The summed E-state index contributed by atoms with van der Waals surface area (Å²) >= 11 is 0. The van der Waals surface area contributed by atoms with E-state index < -0.39 is 0 Å². The summed E-state index contributed by atoms with van der Waals surface area (Å²) in [4.78, 5) is 7.77. The first kappa shape index (κ1) is 13.3. The predicted octanol–water partition coefficient (Wildman–Crippen LogP) is 4.44. The van der Waals surface area contributed by atoms with Gasteiger partial charge in [-0.05, 0) is 12.8 Å². The van der Waals surface area contributed by atoms with Crippen molar-refractivity contribution >= 4 is 0 Å². The summed E-state index contributed by atoms with van der Waals surface area (Å²) in [5, 5.41) is 0.